The van der Waals surface area contributed by atoms with Crippen LogP contribution in [0.15, 0.2) is 45.7 Å². The predicted molar refractivity (Wildman–Crippen MR) is 130 cm³/mol. The SMILES string of the molecule is CN(C)/C=N/Sc1cc(NC(=O)Cc2ccccc2Cl)cc2c1CCN(CC1CC1)C2. The second-order valence-corrected chi connectivity index (χ2v) is 9.87. The van der Waals surface area contributed by atoms with E-state index in [4.69, 9.17) is 11.6 Å². The number of nitrogens with one attached hydrogen (secondary N) is 1. The van der Waals surface area contributed by atoms with Crippen LogP contribution in [0, 0.1) is 5.92 Å². The molecule has 0 unspecified atom stereocenters. The van der Waals surface area contributed by atoms with Gasteiger partial charge in [-0.3, -0.25) is 9.69 Å². The van der Waals surface area contributed by atoms with Crippen molar-refractivity contribution in [2.24, 2.45) is 10.3 Å². The van der Waals surface area contributed by atoms with Gasteiger partial charge in [-0.05, 0) is 60.1 Å². The first-order chi connectivity index (χ1) is 15.0. The fraction of sp³-hybridized carbons (Fsp3) is 0.417. The molecule has 7 heteroatoms. The third kappa shape index (κ3) is 6.25. The highest BCUT2D eigenvalue weighted by Gasteiger charge is 2.27. The van der Waals surface area contributed by atoms with Crippen molar-refractivity contribution >= 4 is 41.5 Å². The summed E-state index contributed by atoms with van der Waals surface area (Å²) < 4.78 is 4.50. The van der Waals surface area contributed by atoms with E-state index in [-0.39, 0.29) is 12.3 Å². The van der Waals surface area contributed by atoms with Crippen LogP contribution in [0.25, 0.3) is 0 Å². The van der Waals surface area contributed by atoms with E-state index in [9.17, 15) is 4.79 Å². The van der Waals surface area contributed by atoms with Crippen LogP contribution in [-0.2, 0) is 24.2 Å². The number of benzene rings is 2. The molecule has 2 aromatic carbocycles. The molecule has 2 aliphatic rings. The highest BCUT2D eigenvalue weighted by molar-refractivity contribution is 7.98. The first-order valence-electron chi connectivity index (χ1n) is 10.8. The topological polar surface area (TPSA) is 47.9 Å². The Balaban J connectivity index is 1.53. The third-order valence-electron chi connectivity index (χ3n) is 5.61. The molecule has 2 aromatic rings. The van der Waals surface area contributed by atoms with E-state index >= 15 is 0 Å². The molecule has 0 spiro atoms. The zero-order valence-electron chi connectivity index (χ0n) is 18.1. The monoisotopic (exact) mass is 456 g/mol. The van der Waals surface area contributed by atoms with Crippen LogP contribution in [0.5, 0.6) is 0 Å². The van der Waals surface area contributed by atoms with E-state index in [1.807, 2.05) is 49.6 Å². The number of nitrogens with zero attached hydrogens (tertiary/aromatic N) is 3. The van der Waals surface area contributed by atoms with Gasteiger partial charge in [0.15, 0.2) is 0 Å². The van der Waals surface area contributed by atoms with Crippen LogP contribution >= 0.6 is 23.5 Å². The minimum atomic E-state index is -0.0635. The molecule has 1 N–H and O–H groups in total. The normalized spacial score (nSPS) is 16.4. The van der Waals surface area contributed by atoms with E-state index < -0.39 is 0 Å². The first kappa shape index (κ1) is 22.2. The Morgan fingerprint density at radius 3 is 2.87 bits per heavy atom. The van der Waals surface area contributed by atoms with Crippen molar-refractivity contribution in [1.82, 2.24) is 9.80 Å². The molecule has 1 amide bonds. The quantitative estimate of drug-likeness (QED) is 0.349. The number of rotatable bonds is 8. The molecule has 164 valence electrons. The molecule has 0 saturated heterocycles. The molecule has 4 rings (SSSR count). The molecular formula is C24H29ClN4OS. The average Bonchev–Trinajstić information content (AvgIpc) is 3.53. The number of fused-ring (bicyclic) bond motifs is 1. The van der Waals surface area contributed by atoms with Gasteiger partial charge >= 0.3 is 0 Å². The summed E-state index contributed by atoms with van der Waals surface area (Å²) in [5.74, 6) is 0.810. The zero-order chi connectivity index (χ0) is 21.8. The number of hydrogen-bond donors (Lipinski definition) is 1. The number of anilines is 1. The molecular weight excluding hydrogens is 428 g/mol. The summed E-state index contributed by atoms with van der Waals surface area (Å²) in [5.41, 5.74) is 4.31. The summed E-state index contributed by atoms with van der Waals surface area (Å²) in [7, 11) is 3.92. The highest BCUT2D eigenvalue weighted by Crippen LogP contribution is 2.36. The van der Waals surface area contributed by atoms with Gasteiger partial charge in [-0.1, -0.05) is 29.8 Å². The lowest BCUT2D eigenvalue weighted by atomic mass is 9.98. The molecule has 5 nitrogen and oxygen atoms in total. The number of carbonyl (C=O) groups is 1. The van der Waals surface area contributed by atoms with Crippen molar-refractivity contribution in [2.75, 3.05) is 32.5 Å². The van der Waals surface area contributed by atoms with E-state index in [2.05, 4.69) is 26.7 Å². The molecule has 1 saturated carbocycles. The van der Waals surface area contributed by atoms with Crippen LogP contribution < -0.4 is 5.32 Å². The Labute approximate surface area is 194 Å². The number of halogens is 1. The number of hydrogen-bond acceptors (Lipinski definition) is 4. The van der Waals surface area contributed by atoms with Crippen molar-refractivity contribution in [3.63, 3.8) is 0 Å². The minimum Gasteiger partial charge on any atom is -0.368 e. The van der Waals surface area contributed by atoms with Crippen LogP contribution in [0.3, 0.4) is 0 Å². The lowest BCUT2D eigenvalue weighted by Gasteiger charge is -2.30. The molecule has 1 fully saturated rings. The Morgan fingerprint density at radius 1 is 1.32 bits per heavy atom. The molecule has 0 atom stereocenters. The predicted octanol–water partition coefficient (Wildman–Crippen LogP) is 4.89. The van der Waals surface area contributed by atoms with Gasteiger partial charge in [0.05, 0.1) is 12.8 Å². The lowest BCUT2D eigenvalue weighted by molar-refractivity contribution is -0.115. The van der Waals surface area contributed by atoms with Crippen LogP contribution in [0.2, 0.25) is 5.02 Å². The maximum atomic E-state index is 12.7. The summed E-state index contributed by atoms with van der Waals surface area (Å²) in [6, 6.07) is 11.7. The van der Waals surface area contributed by atoms with Crippen molar-refractivity contribution < 1.29 is 4.79 Å². The van der Waals surface area contributed by atoms with E-state index in [1.165, 1.54) is 42.5 Å². The van der Waals surface area contributed by atoms with Crippen LogP contribution in [0.4, 0.5) is 5.69 Å². The van der Waals surface area contributed by atoms with Crippen molar-refractivity contribution in [3.8, 4) is 0 Å². The van der Waals surface area contributed by atoms with Crippen molar-refractivity contribution in [2.45, 2.75) is 37.1 Å². The van der Waals surface area contributed by atoms with E-state index in [0.29, 0.717) is 5.02 Å². The molecule has 0 bridgehead atoms. The summed E-state index contributed by atoms with van der Waals surface area (Å²) in [4.78, 5) is 18.3. The van der Waals surface area contributed by atoms with Gasteiger partial charge in [0, 0.05) is 61.3 Å². The fourth-order valence-electron chi connectivity index (χ4n) is 3.89. The Hall–Kier alpha value is -2.02. The Kier molecular flexibility index (Phi) is 7.20. The van der Waals surface area contributed by atoms with E-state index in [1.54, 1.807) is 0 Å². The summed E-state index contributed by atoms with van der Waals surface area (Å²) >= 11 is 7.70. The third-order valence-corrected chi connectivity index (χ3v) is 6.74. The standard InChI is InChI=1S/C24H29ClN4OS/c1-28(2)16-26-31-23-13-20(27-24(30)12-18-5-3-4-6-22(18)25)11-19-15-29(10-9-21(19)23)14-17-7-8-17/h3-6,11,13,16-17H,7-10,12,14-15H2,1-2H3,(H,27,30)/b26-16+. The maximum absolute atomic E-state index is 12.7. The zero-order valence-corrected chi connectivity index (χ0v) is 19.7. The second kappa shape index (κ2) is 10.1. The molecule has 1 aliphatic heterocycles. The van der Waals surface area contributed by atoms with Gasteiger partial charge in [-0.15, -0.1) is 0 Å². The maximum Gasteiger partial charge on any atom is 0.228 e. The molecule has 0 radical (unpaired) electrons. The minimum absolute atomic E-state index is 0.0635. The highest BCUT2D eigenvalue weighted by atomic mass is 35.5. The fourth-order valence-corrected chi connectivity index (χ4v) is 4.96. The molecule has 31 heavy (non-hydrogen) atoms. The average molecular weight is 457 g/mol. The summed E-state index contributed by atoms with van der Waals surface area (Å²) in [6.45, 7) is 3.21. The van der Waals surface area contributed by atoms with Gasteiger partial charge in [-0.2, -0.15) is 0 Å². The Bertz CT molecular complexity index is 974. The second-order valence-electron chi connectivity index (χ2n) is 8.63. The number of carbonyl (C=O) groups excluding carboxylic acids is 1. The molecule has 1 aliphatic carbocycles. The van der Waals surface area contributed by atoms with Crippen molar-refractivity contribution in [1.29, 1.82) is 0 Å². The van der Waals surface area contributed by atoms with Crippen molar-refractivity contribution in [3.05, 3.63) is 58.1 Å². The lowest BCUT2D eigenvalue weighted by Crippen LogP contribution is -2.32. The summed E-state index contributed by atoms with van der Waals surface area (Å²) in [5, 5.41) is 3.70. The Morgan fingerprint density at radius 2 is 2.13 bits per heavy atom. The van der Waals surface area contributed by atoms with E-state index in [0.717, 1.165) is 41.6 Å². The number of amides is 1. The molecule has 1 heterocycles. The van der Waals surface area contributed by atoms with Crippen LogP contribution in [0.1, 0.15) is 29.5 Å². The smallest absolute Gasteiger partial charge is 0.228 e. The largest absolute Gasteiger partial charge is 0.368 e. The molecule has 0 aromatic heterocycles. The van der Waals surface area contributed by atoms with Gasteiger partial charge in [0.1, 0.15) is 0 Å². The van der Waals surface area contributed by atoms with Gasteiger partial charge < -0.3 is 10.2 Å². The van der Waals surface area contributed by atoms with Gasteiger partial charge in [-0.25, -0.2) is 4.40 Å². The summed E-state index contributed by atoms with van der Waals surface area (Å²) in [6.07, 6.45) is 5.81. The van der Waals surface area contributed by atoms with Gasteiger partial charge in [0.25, 0.3) is 0 Å². The van der Waals surface area contributed by atoms with Crippen LogP contribution in [-0.4, -0.2) is 49.2 Å². The first-order valence-corrected chi connectivity index (χ1v) is 11.9. The van der Waals surface area contributed by atoms with Gasteiger partial charge in [0.2, 0.25) is 5.91 Å².